The Kier molecular flexibility index (Phi) is 5.27. The van der Waals surface area contributed by atoms with E-state index in [1.165, 1.54) is 0 Å². The Morgan fingerprint density at radius 2 is 1.88 bits per heavy atom. The van der Waals surface area contributed by atoms with Crippen LogP contribution < -0.4 is 4.74 Å². The fraction of sp³-hybridized carbons (Fsp3) is 0.550. The molecule has 0 spiro atoms. The number of carbonyl (C=O) groups excluding carboxylic acids is 1. The molecule has 0 aromatic heterocycles. The summed E-state index contributed by atoms with van der Waals surface area (Å²) in [4.78, 5) is 12.2. The second-order valence-corrected chi connectivity index (χ2v) is 7.51. The van der Waals surface area contributed by atoms with Gasteiger partial charge in [-0.1, -0.05) is 45.1 Å². The minimum Gasteiger partial charge on any atom is -0.497 e. The van der Waals surface area contributed by atoms with Crippen molar-refractivity contribution in [2.75, 3.05) is 13.7 Å². The van der Waals surface area contributed by atoms with Gasteiger partial charge in [0.25, 0.3) is 0 Å². The van der Waals surface area contributed by atoms with E-state index in [2.05, 4.69) is 0 Å². The molecule has 4 atom stereocenters. The van der Waals surface area contributed by atoms with Gasteiger partial charge >= 0.3 is 0 Å². The minimum atomic E-state index is -0.423. The number of ether oxygens (including phenoxy) is 4. The van der Waals surface area contributed by atoms with Crippen LogP contribution in [0.3, 0.4) is 0 Å². The van der Waals surface area contributed by atoms with E-state index < -0.39 is 6.29 Å². The number of hydrogen-bond acceptors (Lipinski definition) is 5. The van der Waals surface area contributed by atoms with Gasteiger partial charge in [0.15, 0.2) is 6.29 Å². The van der Waals surface area contributed by atoms with Gasteiger partial charge in [-0.15, -0.1) is 0 Å². The van der Waals surface area contributed by atoms with E-state index in [-0.39, 0.29) is 29.5 Å². The minimum absolute atomic E-state index is 0.165. The largest absolute Gasteiger partial charge is 0.497 e. The molecule has 2 aliphatic heterocycles. The van der Waals surface area contributed by atoms with Gasteiger partial charge in [0.1, 0.15) is 23.7 Å². The van der Waals surface area contributed by atoms with E-state index in [0.717, 1.165) is 11.3 Å². The number of carbonyl (C=O) groups is 1. The fourth-order valence-corrected chi connectivity index (χ4v) is 2.88. The molecule has 0 aliphatic carbocycles. The van der Waals surface area contributed by atoms with Gasteiger partial charge in [-0.3, -0.25) is 4.79 Å². The molecule has 0 N–H and O–H groups in total. The molecule has 136 valence electrons. The van der Waals surface area contributed by atoms with Crippen LogP contribution >= 0.6 is 0 Å². The summed E-state index contributed by atoms with van der Waals surface area (Å²) in [6.07, 6.45) is 3.32. The Labute approximate surface area is 148 Å². The second-order valence-electron chi connectivity index (χ2n) is 7.51. The number of benzene rings is 1. The quantitative estimate of drug-likeness (QED) is 0.782. The first-order valence-corrected chi connectivity index (χ1v) is 8.65. The van der Waals surface area contributed by atoms with Crippen LogP contribution in [0.4, 0.5) is 0 Å². The number of Topliss-reactive ketones (excluding diaryl/α,β-unsaturated/α-hetero) is 1. The average Bonchev–Trinajstić information content (AvgIpc) is 2.60. The third-order valence-corrected chi connectivity index (χ3v) is 4.54. The van der Waals surface area contributed by atoms with Crippen LogP contribution in [0.15, 0.2) is 36.4 Å². The van der Waals surface area contributed by atoms with Crippen molar-refractivity contribution in [3.05, 3.63) is 42.0 Å². The predicted molar refractivity (Wildman–Crippen MR) is 93.4 cm³/mol. The van der Waals surface area contributed by atoms with Crippen molar-refractivity contribution < 1.29 is 23.7 Å². The maximum Gasteiger partial charge on any atom is 0.184 e. The topological polar surface area (TPSA) is 54.0 Å². The Morgan fingerprint density at radius 3 is 2.52 bits per heavy atom. The molecule has 25 heavy (non-hydrogen) atoms. The predicted octanol–water partition coefficient (Wildman–Crippen LogP) is 3.44. The van der Waals surface area contributed by atoms with Gasteiger partial charge in [0, 0.05) is 17.4 Å². The third kappa shape index (κ3) is 4.29. The van der Waals surface area contributed by atoms with Gasteiger partial charge in [-0.25, -0.2) is 0 Å². The molecule has 1 aromatic carbocycles. The van der Waals surface area contributed by atoms with E-state index in [1.54, 1.807) is 7.11 Å². The molecule has 5 nitrogen and oxygen atoms in total. The van der Waals surface area contributed by atoms with Gasteiger partial charge < -0.3 is 18.9 Å². The monoisotopic (exact) mass is 346 g/mol. The van der Waals surface area contributed by atoms with Crippen LogP contribution in [0.5, 0.6) is 5.75 Å². The van der Waals surface area contributed by atoms with Crippen molar-refractivity contribution in [3.63, 3.8) is 0 Å². The molecule has 5 heteroatoms. The van der Waals surface area contributed by atoms with Crippen molar-refractivity contribution in [3.8, 4) is 5.75 Å². The van der Waals surface area contributed by atoms with Crippen molar-refractivity contribution >= 4 is 5.78 Å². The van der Waals surface area contributed by atoms with Crippen LogP contribution in [-0.2, 0) is 19.0 Å². The number of fused-ring (bicyclic) bond motifs is 1. The Bertz CT molecular complexity index is 628. The van der Waals surface area contributed by atoms with Gasteiger partial charge in [0.2, 0.25) is 0 Å². The van der Waals surface area contributed by atoms with Crippen molar-refractivity contribution in [1.29, 1.82) is 0 Å². The molecule has 2 aliphatic rings. The first kappa shape index (κ1) is 18.1. The summed E-state index contributed by atoms with van der Waals surface area (Å²) < 4.78 is 23.0. The molecule has 0 amide bonds. The van der Waals surface area contributed by atoms with E-state index in [1.807, 2.05) is 57.2 Å². The lowest BCUT2D eigenvalue weighted by atomic mass is 9.87. The lowest BCUT2D eigenvalue weighted by molar-refractivity contribution is -0.262. The number of ketones is 1. The van der Waals surface area contributed by atoms with Crippen molar-refractivity contribution in [2.24, 2.45) is 5.41 Å². The second kappa shape index (κ2) is 7.28. The zero-order chi connectivity index (χ0) is 18.0. The molecule has 0 bridgehead atoms. The lowest BCUT2D eigenvalue weighted by Crippen LogP contribution is -2.45. The summed E-state index contributed by atoms with van der Waals surface area (Å²) in [5.41, 5.74) is 0.588. The first-order valence-electron chi connectivity index (χ1n) is 8.65. The summed E-state index contributed by atoms with van der Waals surface area (Å²) >= 11 is 0. The van der Waals surface area contributed by atoms with Crippen LogP contribution in [-0.4, -0.2) is 37.8 Å². The van der Waals surface area contributed by atoms with Crippen LogP contribution in [0, 0.1) is 5.41 Å². The maximum atomic E-state index is 12.2. The zero-order valence-electron chi connectivity index (χ0n) is 15.2. The third-order valence-electron chi connectivity index (χ3n) is 4.54. The molecule has 1 unspecified atom stereocenters. The lowest BCUT2D eigenvalue weighted by Gasteiger charge is -2.39. The molecular weight excluding hydrogens is 320 g/mol. The van der Waals surface area contributed by atoms with E-state index >= 15 is 0 Å². The molecule has 1 saturated heterocycles. The van der Waals surface area contributed by atoms with E-state index in [4.69, 9.17) is 18.9 Å². The molecule has 0 saturated carbocycles. The molecular formula is C20H26O5. The van der Waals surface area contributed by atoms with Crippen molar-refractivity contribution in [2.45, 2.75) is 51.8 Å². The molecule has 0 radical (unpaired) electrons. The van der Waals surface area contributed by atoms with Crippen LogP contribution in [0.1, 0.15) is 39.0 Å². The summed E-state index contributed by atoms with van der Waals surface area (Å²) in [6, 6.07) is 7.63. The highest BCUT2D eigenvalue weighted by molar-refractivity contribution is 5.84. The summed E-state index contributed by atoms with van der Waals surface area (Å²) in [5, 5.41) is 0. The van der Waals surface area contributed by atoms with Crippen molar-refractivity contribution in [1.82, 2.24) is 0 Å². The first-order chi connectivity index (χ1) is 11.9. The number of methoxy groups -OCH3 is 1. The van der Waals surface area contributed by atoms with Crippen LogP contribution in [0.2, 0.25) is 0 Å². The number of rotatable bonds is 4. The van der Waals surface area contributed by atoms with Gasteiger partial charge in [0.05, 0.1) is 19.8 Å². The normalized spacial score (nSPS) is 29.1. The van der Waals surface area contributed by atoms with Gasteiger partial charge in [-0.2, -0.15) is 0 Å². The maximum absolute atomic E-state index is 12.2. The Hall–Kier alpha value is -1.69. The molecule has 2 heterocycles. The summed E-state index contributed by atoms with van der Waals surface area (Å²) in [6.45, 7) is 6.22. The summed E-state index contributed by atoms with van der Waals surface area (Å²) in [7, 11) is 1.64. The highest BCUT2D eigenvalue weighted by Gasteiger charge is 2.37. The highest BCUT2D eigenvalue weighted by atomic mass is 16.7. The van der Waals surface area contributed by atoms with E-state index in [9.17, 15) is 4.79 Å². The Balaban J connectivity index is 1.61. The summed E-state index contributed by atoms with van der Waals surface area (Å²) in [5.74, 6) is 0.985. The average molecular weight is 346 g/mol. The number of hydrogen-bond donors (Lipinski definition) is 0. The van der Waals surface area contributed by atoms with E-state index in [0.29, 0.717) is 13.0 Å². The highest BCUT2D eigenvalue weighted by Crippen LogP contribution is 2.32. The smallest absolute Gasteiger partial charge is 0.184 e. The SMILES string of the molecule is COc1ccc(C2OC[C@H]3O[C@@H](CC(=O)C(C)(C)C)C=C[C@@H]3O2)cc1. The molecule has 1 aromatic rings. The molecule has 3 rings (SSSR count). The Morgan fingerprint density at radius 1 is 1.16 bits per heavy atom. The van der Waals surface area contributed by atoms with Gasteiger partial charge in [-0.05, 0) is 12.1 Å². The standard InChI is InChI=1S/C20H26O5/c1-20(2,3)18(21)11-15-9-10-16-17(24-15)12-23-19(25-16)13-5-7-14(22-4)8-6-13/h5-10,15-17,19H,11-12H2,1-4H3/t15-,16+,17-,19?/m1/s1. The van der Waals surface area contributed by atoms with Crippen LogP contribution in [0.25, 0.3) is 0 Å². The fourth-order valence-electron chi connectivity index (χ4n) is 2.88. The molecule has 1 fully saturated rings. The zero-order valence-corrected chi connectivity index (χ0v) is 15.2.